The van der Waals surface area contributed by atoms with Crippen LogP contribution in [0.15, 0.2) is 10.3 Å². The molecule has 1 aromatic rings. The van der Waals surface area contributed by atoms with Gasteiger partial charge < -0.3 is 10.2 Å². The van der Waals surface area contributed by atoms with Crippen molar-refractivity contribution in [1.29, 1.82) is 0 Å². The van der Waals surface area contributed by atoms with E-state index in [1.54, 1.807) is 20.8 Å². The van der Waals surface area contributed by atoms with Gasteiger partial charge in [0, 0.05) is 6.04 Å². The topological polar surface area (TPSA) is 104 Å². The Kier molecular flexibility index (Phi) is 5.08. The van der Waals surface area contributed by atoms with Crippen LogP contribution in [0.3, 0.4) is 0 Å². The predicted molar refractivity (Wildman–Crippen MR) is 72.0 cm³/mol. The van der Waals surface area contributed by atoms with Gasteiger partial charge in [-0.2, -0.15) is 0 Å². The minimum Gasteiger partial charge on any atom is -0.477 e. The molecule has 6 nitrogen and oxygen atoms in total. The largest absolute Gasteiger partial charge is 0.477 e. The Hall–Kier alpha value is -0.960. The first kappa shape index (κ1) is 16.1. The van der Waals surface area contributed by atoms with E-state index >= 15 is 0 Å². The Balaban J connectivity index is 3.21. The number of aromatic carboxylic acids is 1. The number of rotatable bonds is 6. The highest BCUT2D eigenvalue weighted by atomic mass is 32.2. The molecule has 19 heavy (non-hydrogen) atoms. The van der Waals surface area contributed by atoms with Gasteiger partial charge in [0.1, 0.15) is 9.77 Å². The molecule has 0 aromatic carbocycles. The molecule has 0 amide bonds. The van der Waals surface area contributed by atoms with E-state index in [4.69, 9.17) is 10.2 Å². The van der Waals surface area contributed by atoms with Crippen LogP contribution < -0.4 is 4.72 Å². The summed E-state index contributed by atoms with van der Waals surface area (Å²) in [5.41, 5.74) is 0.385. The van der Waals surface area contributed by atoms with Crippen molar-refractivity contribution in [2.45, 2.75) is 31.7 Å². The first-order chi connectivity index (χ1) is 8.70. The summed E-state index contributed by atoms with van der Waals surface area (Å²) >= 11 is 0.873. The second-order valence-electron chi connectivity index (χ2n) is 4.54. The molecule has 0 radical (unpaired) electrons. The molecule has 0 aliphatic heterocycles. The molecule has 1 atom stereocenters. The number of sulfonamides is 1. The third-order valence-corrected chi connectivity index (χ3v) is 5.58. The summed E-state index contributed by atoms with van der Waals surface area (Å²) in [5.74, 6) is -1.38. The van der Waals surface area contributed by atoms with Crippen LogP contribution in [0.1, 0.15) is 29.1 Å². The molecule has 0 bridgehead atoms. The number of hydrogen-bond donors (Lipinski definition) is 3. The number of aliphatic hydroxyl groups is 1. The lowest BCUT2D eigenvalue weighted by molar-refractivity contribution is 0.0698. The van der Waals surface area contributed by atoms with Gasteiger partial charge in [-0.25, -0.2) is 17.9 Å². The predicted octanol–water partition coefficient (Wildman–Crippen LogP) is 1.05. The second kappa shape index (κ2) is 6.00. The summed E-state index contributed by atoms with van der Waals surface area (Å²) in [4.78, 5) is 10.6. The average Bonchev–Trinajstić information content (AvgIpc) is 2.68. The monoisotopic (exact) mass is 307 g/mol. The van der Waals surface area contributed by atoms with E-state index in [1.165, 1.54) is 5.38 Å². The van der Waals surface area contributed by atoms with Crippen molar-refractivity contribution in [3.63, 3.8) is 0 Å². The van der Waals surface area contributed by atoms with Crippen LogP contribution in [0.2, 0.25) is 0 Å². The fourth-order valence-corrected chi connectivity index (χ4v) is 4.56. The van der Waals surface area contributed by atoms with E-state index in [9.17, 15) is 13.2 Å². The van der Waals surface area contributed by atoms with Gasteiger partial charge in [-0.15, -0.1) is 11.3 Å². The van der Waals surface area contributed by atoms with Crippen LogP contribution in [-0.2, 0) is 10.0 Å². The molecular formula is C11H17NO5S2. The third kappa shape index (κ3) is 3.53. The molecule has 0 spiro atoms. The second-order valence-corrected chi connectivity index (χ2v) is 7.07. The molecule has 0 saturated carbocycles. The summed E-state index contributed by atoms with van der Waals surface area (Å²) in [6.45, 7) is 4.73. The van der Waals surface area contributed by atoms with Crippen molar-refractivity contribution in [3.05, 3.63) is 15.8 Å². The maximum atomic E-state index is 12.2. The summed E-state index contributed by atoms with van der Waals surface area (Å²) in [7, 11) is -3.96. The van der Waals surface area contributed by atoms with E-state index in [0.717, 1.165) is 11.3 Å². The number of nitrogens with one attached hydrogen (secondary N) is 1. The minimum atomic E-state index is -3.96. The Morgan fingerprint density at radius 2 is 2.05 bits per heavy atom. The van der Waals surface area contributed by atoms with E-state index in [-0.39, 0.29) is 22.3 Å². The standard InChI is InChI=1S/C11H17NO5S2/c1-6(2)8(4-13)12-19(16,17)10-7(3)5-18-9(10)11(14)15/h5-6,8,12-13H,4H2,1-3H3,(H,14,15). The van der Waals surface area contributed by atoms with Crippen LogP contribution in [0.4, 0.5) is 0 Å². The number of aryl methyl sites for hydroxylation is 1. The van der Waals surface area contributed by atoms with Crippen molar-refractivity contribution in [2.75, 3.05) is 6.61 Å². The van der Waals surface area contributed by atoms with Crippen molar-refractivity contribution in [2.24, 2.45) is 5.92 Å². The molecule has 1 aromatic heterocycles. The van der Waals surface area contributed by atoms with Crippen LogP contribution in [0.25, 0.3) is 0 Å². The number of hydrogen-bond acceptors (Lipinski definition) is 5. The highest BCUT2D eigenvalue weighted by Crippen LogP contribution is 2.27. The van der Waals surface area contributed by atoms with Gasteiger partial charge in [0.15, 0.2) is 0 Å². The zero-order valence-electron chi connectivity index (χ0n) is 10.9. The fourth-order valence-electron chi connectivity index (χ4n) is 1.56. The lowest BCUT2D eigenvalue weighted by atomic mass is 10.1. The minimum absolute atomic E-state index is 0.105. The molecule has 108 valence electrons. The van der Waals surface area contributed by atoms with Crippen LogP contribution in [0, 0.1) is 12.8 Å². The SMILES string of the molecule is Cc1csc(C(=O)O)c1S(=O)(=O)NC(CO)C(C)C. The Morgan fingerprint density at radius 1 is 1.47 bits per heavy atom. The smallest absolute Gasteiger partial charge is 0.347 e. The van der Waals surface area contributed by atoms with Gasteiger partial charge in [-0.1, -0.05) is 13.8 Å². The van der Waals surface area contributed by atoms with Gasteiger partial charge in [0.25, 0.3) is 0 Å². The summed E-state index contributed by atoms with van der Waals surface area (Å²) in [5, 5.41) is 19.7. The van der Waals surface area contributed by atoms with Gasteiger partial charge in [-0.05, 0) is 23.8 Å². The highest BCUT2D eigenvalue weighted by molar-refractivity contribution is 7.89. The molecule has 0 aliphatic carbocycles. The van der Waals surface area contributed by atoms with Crippen molar-refractivity contribution in [1.82, 2.24) is 4.72 Å². The molecule has 0 saturated heterocycles. The van der Waals surface area contributed by atoms with E-state index in [0.29, 0.717) is 5.56 Å². The van der Waals surface area contributed by atoms with Crippen LogP contribution >= 0.6 is 11.3 Å². The molecule has 1 heterocycles. The van der Waals surface area contributed by atoms with Crippen LogP contribution in [0.5, 0.6) is 0 Å². The van der Waals surface area contributed by atoms with Gasteiger partial charge in [0.2, 0.25) is 10.0 Å². The van der Waals surface area contributed by atoms with Gasteiger partial charge in [-0.3, -0.25) is 0 Å². The van der Waals surface area contributed by atoms with Crippen molar-refractivity contribution in [3.8, 4) is 0 Å². The highest BCUT2D eigenvalue weighted by Gasteiger charge is 2.29. The van der Waals surface area contributed by atoms with Crippen molar-refractivity contribution >= 4 is 27.3 Å². The lowest BCUT2D eigenvalue weighted by Gasteiger charge is -2.20. The molecular weight excluding hydrogens is 290 g/mol. The number of aliphatic hydroxyl groups excluding tert-OH is 1. The maximum absolute atomic E-state index is 12.2. The zero-order chi connectivity index (χ0) is 14.8. The number of carbonyl (C=O) groups is 1. The van der Waals surface area contributed by atoms with Crippen molar-refractivity contribution < 1.29 is 23.4 Å². The van der Waals surface area contributed by atoms with Gasteiger partial charge >= 0.3 is 5.97 Å². The average molecular weight is 307 g/mol. The Morgan fingerprint density at radius 3 is 2.47 bits per heavy atom. The molecule has 8 heteroatoms. The first-order valence-corrected chi connectivity index (χ1v) is 8.01. The first-order valence-electron chi connectivity index (χ1n) is 5.65. The van der Waals surface area contributed by atoms with E-state index < -0.39 is 22.0 Å². The number of thiophene rings is 1. The normalized spacial score (nSPS) is 13.7. The molecule has 3 N–H and O–H groups in total. The summed E-state index contributed by atoms with van der Waals surface area (Å²) in [6.07, 6.45) is 0. The molecule has 0 fully saturated rings. The Bertz CT molecular complexity index is 562. The summed E-state index contributed by atoms with van der Waals surface area (Å²) < 4.78 is 26.8. The number of carboxylic acid groups (broad SMARTS) is 1. The quantitative estimate of drug-likeness (QED) is 0.729. The lowest BCUT2D eigenvalue weighted by Crippen LogP contribution is -2.41. The third-order valence-electron chi connectivity index (χ3n) is 2.69. The molecule has 0 aliphatic rings. The molecule has 1 unspecified atom stereocenters. The zero-order valence-corrected chi connectivity index (χ0v) is 12.5. The maximum Gasteiger partial charge on any atom is 0.347 e. The van der Waals surface area contributed by atoms with Gasteiger partial charge in [0.05, 0.1) is 6.61 Å². The number of carboxylic acids is 1. The summed E-state index contributed by atoms with van der Waals surface area (Å²) in [6, 6.07) is -0.647. The molecule has 1 rings (SSSR count). The van der Waals surface area contributed by atoms with E-state index in [1.807, 2.05) is 0 Å². The Labute approximate surface area is 116 Å². The fraction of sp³-hybridized carbons (Fsp3) is 0.545. The van der Waals surface area contributed by atoms with E-state index in [2.05, 4.69) is 4.72 Å². The van der Waals surface area contributed by atoms with Crippen LogP contribution in [-0.4, -0.2) is 37.2 Å².